The predicted octanol–water partition coefficient (Wildman–Crippen LogP) is 1.64. The Morgan fingerprint density at radius 3 is 2.68 bits per heavy atom. The molecule has 0 spiro atoms. The predicted molar refractivity (Wildman–Crippen MR) is 75.0 cm³/mol. The Kier molecular flexibility index (Phi) is 4.01. The molecule has 0 aliphatic carbocycles. The van der Waals surface area contributed by atoms with Crippen molar-refractivity contribution in [2.75, 3.05) is 18.4 Å². The van der Waals surface area contributed by atoms with Crippen molar-refractivity contribution in [3.05, 3.63) is 16.8 Å². The average molecular weight is 259 g/mol. The molecular formula is C14H21N5. The maximum Gasteiger partial charge on any atom is 0.167 e. The van der Waals surface area contributed by atoms with Crippen LogP contribution in [0.15, 0.2) is 0 Å². The minimum absolute atomic E-state index is 0.0426. The lowest BCUT2D eigenvalue weighted by atomic mass is 9.99. The van der Waals surface area contributed by atoms with Crippen molar-refractivity contribution in [3.63, 3.8) is 0 Å². The fraction of sp³-hybridized carbons (Fsp3) is 0.643. The van der Waals surface area contributed by atoms with E-state index in [1.54, 1.807) is 0 Å². The lowest BCUT2D eigenvalue weighted by Crippen LogP contribution is -2.37. The molecule has 1 aromatic rings. The minimum atomic E-state index is -0.0426. The molecule has 0 bridgehead atoms. The molecule has 1 aliphatic rings. The average Bonchev–Trinajstić information content (AvgIpc) is 2.84. The van der Waals surface area contributed by atoms with Crippen LogP contribution in [0.3, 0.4) is 0 Å². The number of anilines is 1. The molecule has 2 heterocycles. The quantitative estimate of drug-likeness (QED) is 0.860. The van der Waals surface area contributed by atoms with Gasteiger partial charge >= 0.3 is 0 Å². The standard InChI is InChI=1S/C14H21N5/c1-4-10-11(8-15)13(19-18-12(10)5-2)17-14(3)6-7-16-9-14/h16H,4-7,9H2,1-3H3,(H,17,19). The number of nitriles is 1. The summed E-state index contributed by atoms with van der Waals surface area (Å²) in [5, 5.41) is 24.7. The highest BCUT2D eigenvalue weighted by molar-refractivity contribution is 5.57. The molecule has 102 valence electrons. The topological polar surface area (TPSA) is 73.6 Å². The molecule has 0 saturated carbocycles. The van der Waals surface area contributed by atoms with E-state index in [1.807, 2.05) is 6.92 Å². The molecule has 5 heteroatoms. The van der Waals surface area contributed by atoms with Gasteiger partial charge in [0.25, 0.3) is 0 Å². The van der Waals surface area contributed by atoms with E-state index in [0.29, 0.717) is 11.4 Å². The maximum atomic E-state index is 9.43. The zero-order chi connectivity index (χ0) is 13.9. The number of aryl methyl sites for hydroxylation is 1. The molecule has 0 aromatic carbocycles. The van der Waals surface area contributed by atoms with E-state index < -0.39 is 0 Å². The zero-order valence-electron chi connectivity index (χ0n) is 11.9. The summed E-state index contributed by atoms with van der Waals surface area (Å²) in [7, 11) is 0. The van der Waals surface area contributed by atoms with Gasteiger partial charge in [-0.1, -0.05) is 13.8 Å². The summed E-state index contributed by atoms with van der Waals surface area (Å²) >= 11 is 0. The van der Waals surface area contributed by atoms with Gasteiger partial charge in [0.1, 0.15) is 11.6 Å². The Bertz CT molecular complexity index is 497. The zero-order valence-corrected chi connectivity index (χ0v) is 11.9. The van der Waals surface area contributed by atoms with Crippen LogP contribution in [0.25, 0.3) is 0 Å². The Balaban J connectivity index is 2.38. The molecule has 2 N–H and O–H groups in total. The summed E-state index contributed by atoms with van der Waals surface area (Å²) in [6.07, 6.45) is 2.64. The largest absolute Gasteiger partial charge is 0.361 e. The monoisotopic (exact) mass is 259 g/mol. The highest BCUT2D eigenvalue weighted by atomic mass is 15.2. The van der Waals surface area contributed by atoms with Crippen molar-refractivity contribution in [3.8, 4) is 6.07 Å². The molecule has 5 nitrogen and oxygen atoms in total. The van der Waals surface area contributed by atoms with Crippen molar-refractivity contribution in [1.29, 1.82) is 5.26 Å². The van der Waals surface area contributed by atoms with E-state index in [4.69, 9.17) is 0 Å². The second-order valence-electron chi connectivity index (χ2n) is 5.28. The van der Waals surface area contributed by atoms with E-state index in [2.05, 4.69) is 40.7 Å². The molecule has 0 radical (unpaired) electrons. The lowest BCUT2D eigenvalue weighted by molar-refractivity contribution is 0.562. The van der Waals surface area contributed by atoms with Crippen molar-refractivity contribution in [1.82, 2.24) is 15.5 Å². The van der Waals surface area contributed by atoms with Crippen LogP contribution in [-0.4, -0.2) is 28.8 Å². The van der Waals surface area contributed by atoms with Gasteiger partial charge in [0.15, 0.2) is 5.82 Å². The minimum Gasteiger partial charge on any atom is -0.361 e. The van der Waals surface area contributed by atoms with Crippen LogP contribution in [0.5, 0.6) is 0 Å². The fourth-order valence-electron chi connectivity index (χ4n) is 2.59. The molecule has 0 amide bonds. The third kappa shape index (κ3) is 2.69. The molecule has 1 aliphatic heterocycles. The number of aromatic nitrogens is 2. The first-order valence-electron chi connectivity index (χ1n) is 6.91. The van der Waals surface area contributed by atoms with Crippen molar-refractivity contribution < 1.29 is 0 Å². The number of nitrogens with zero attached hydrogens (tertiary/aromatic N) is 3. The number of rotatable bonds is 4. The van der Waals surface area contributed by atoms with E-state index in [0.717, 1.165) is 43.6 Å². The maximum absolute atomic E-state index is 9.43. The molecule has 1 fully saturated rings. The molecule has 1 aromatic heterocycles. The highest BCUT2D eigenvalue weighted by Crippen LogP contribution is 2.25. The van der Waals surface area contributed by atoms with Gasteiger partial charge in [-0.2, -0.15) is 10.4 Å². The fourth-order valence-corrected chi connectivity index (χ4v) is 2.59. The van der Waals surface area contributed by atoms with E-state index >= 15 is 0 Å². The first-order valence-corrected chi connectivity index (χ1v) is 6.91. The first kappa shape index (κ1) is 13.8. The second kappa shape index (κ2) is 5.54. The molecular weight excluding hydrogens is 238 g/mol. The van der Waals surface area contributed by atoms with Crippen LogP contribution < -0.4 is 10.6 Å². The number of hydrogen-bond acceptors (Lipinski definition) is 5. The normalized spacial score (nSPS) is 22.2. The SMILES string of the molecule is CCc1nnc(NC2(C)CCNC2)c(C#N)c1CC. The van der Waals surface area contributed by atoms with Crippen LogP contribution in [0.1, 0.15) is 44.0 Å². The van der Waals surface area contributed by atoms with E-state index in [-0.39, 0.29) is 5.54 Å². The van der Waals surface area contributed by atoms with Crippen molar-refractivity contribution in [2.24, 2.45) is 0 Å². The summed E-state index contributed by atoms with van der Waals surface area (Å²) in [4.78, 5) is 0. The van der Waals surface area contributed by atoms with Gasteiger partial charge in [-0.25, -0.2) is 0 Å². The Morgan fingerprint density at radius 2 is 2.16 bits per heavy atom. The van der Waals surface area contributed by atoms with Crippen LogP contribution in [0.2, 0.25) is 0 Å². The van der Waals surface area contributed by atoms with Gasteiger partial charge in [-0.3, -0.25) is 0 Å². The Morgan fingerprint density at radius 1 is 1.37 bits per heavy atom. The third-order valence-electron chi connectivity index (χ3n) is 3.75. The first-order chi connectivity index (χ1) is 9.13. The van der Waals surface area contributed by atoms with Gasteiger partial charge < -0.3 is 10.6 Å². The van der Waals surface area contributed by atoms with Gasteiger partial charge in [0.05, 0.1) is 5.69 Å². The Labute approximate surface area is 114 Å². The lowest BCUT2D eigenvalue weighted by Gasteiger charge is -2.26. The van der Waals surface area contributed by atoms with Crippen molar-refractivity contribution >= 4 is 5.82 Å². The summed E-state index contributed by atoms with van der Waals surface area (Å²) in [5.74, 6) is 0.628. The molecule has 19 heavy (non-hydrogen) atoms. The van der Waals surface area contributed by atoms with Crippen LogP contribution in [0, 0.1) is 11.3 Å². The van der Waals surface area contributed by atoms with Crippen molar-refractivity contribution in [2.45, 2.75) is 45.6 Å². The summed E-state index contributed by atoms with van der Waals surface area (Å²) < 4.78 is 0. The van der Waals surface area contributed by atoms with E-state index in [9.17, 15) is 5.26 Å². The van der Waals surface area contributed by atoms with Gasteiger partial charge in [0, 0.05) is 12.1 Å². The smallest absolute Gasteiger partial charge is 0.167 e. The number of hydrogen-bond donors (Lipinski definition) is 2. The third-order valence-corrected chi connectivity index (χ3v) is 3.75. The summed E-state index contributed by atoms with van der Waals surface area (Å²) in [6, 6.07) is 2.30. The number of nitrogens with one attached hydrogen (secondary N) is 2. The van der Waals surface area contributed by atoms with Crippen LogP contribution >= 0.6 is 0 Å². The summed E-state index contributed by atoms with van der Waals surface area (Å²) in [5.41, 5.74) is 2.57. The van der Waals surface area contributed by atoms with Gasteiger partial charge in [-0.05, 0) is 38.3 Å². The second-order valence-corrected chi connectivity index (χ2v) is 5.28. The molecule has 2 rings (SSSR count). The molecule has 1 atom stereocenters. The molecule has 1 saturated heterocycles. The van der Waals surface area contributed by atoms with Crippen LogP contribution in [-0.2, 0) is 12.8 Å². The Hall–Kier alpha value is -1.67. The highest BCUT2D eigenvalue weighted by Gasteiger charge is 2.30. The van der Waals surface area contributed by atoms with Gasteiger partial charge in [0.2, 0.25) is 0 Å². The van der Waals surface area contributed by atoms with Crippen LogP contribution in [0.4, 0.5) is 5.82 Å². The van der Waals surface area contributed by atoms with E-state index in [1.165, 1.54) is 0 Å². The van der Waals surface area contributed by atoms with Gasteiger partial charge in [-0.15, -0.1) is 5.10 Å². The summed E-state index contributed by atoms with van der Waals surface area (Å²) in [6.45, 7) is 8.12. The molecule has 1 unspecified atom stereocenters.